The van der Waals surface area contributed by atoms with Crippen molar-refractivity contribution < 1.29 is 0 Å². The van der Waals surface area contributed by atoms with Crippen LogP contribution < -0.4 is 5.32 Å². The van der Waals surface area contributed by atoms with Crippen LogP contribution in [0.4, 0.5) is 0 Å². The molecule has 0 radical (unpaired) electrons. The van der Waals surface area contributed by atoms with Gasteiger partial charge < -0.3 is 5.32 Å². The van der Waals surface area contributed by atoms with Gasteiger partial charge in [-0.3, -0.25) is 4.90 Å². The number of nitrogens with one attached hydrogen (secondary N) is 1. The lowest BCUT2D eigenvalue weighted by Crippen LogP contribution is -2.44. The monoisotopic (exact) mass is 244 g/mol. The molecule has 1 aliphatic rings. The zero-order valence-corrected chi connectivity index (χ0v) is 10.6. The first kappa shape index (κ1) is 11.4. The zero-order valence-electron chi connectivity index (χ0n) is 9.00. The standard InChI is InChI=1S/C11H17ClN2S/c1-2-10(11-9(12)3-8-15-11)14-6-4-13-5-7-14/h3,8,10,13H,2,4-7H2,1H3/t10-/m1/s1. The summed E-state index contributed by atoms with van der Waals surface area (Å²) in [4.78, 5) is 3.87. The second-order valence-corrected chi connectivity index (χ2v) is 5.20. The molecule has 2 nitrogen and oxygen atoms in total. The molecule has 84 valence electrons. The third kappa shape index (κ3) is 2.53. The van der Waals surface area contributed by atoms with Gasteiger partial charge in [0.05, 0.1) is 5.02 Å². The molecule has 0 spiro atoms. The SMILES string of the molecule is CC[C@H](c1sccc1Cl)N1CCNCC1. The number of rotatable bonds is 3. The van der Waals surface area contributed by atoms with Gasteiger partial charge in [0.25, 0.3) is 0 Å². The predicted octanol–water partition coefficient (Wildman–Crippen LogP) is 2.76. The molecular weight excluding hydrogens is 228 g/mol. The highest BCUT2D eigenvalue weighted by Crippen LogP contribution is 2.34. The number of hydrogen-bond donors (Lipinski definition) is 1. The molecule has 1 saturated heterocycles. The van der Waals surface area contributed by atoms with E-state index in [1.54, 1.807) is 11.3 Å². The van der Waals surface area contributed by atoms with Crippen molar-refractivity contribution in [3.05, 3.63) is 21.3 Å². The molecule has 0 amide bonds. The van der Waals surface area contributed by atoms with E-state index in [4.69, 9.17) is 11.6 Å². The molecule has 1 N–H and O–H groups in total. The molecule has 0 aliphatic carbocycles. The highest BCUT2D eigenvalue weighted by atomic mass is 35.5. The maximum absolute atomic E-state index is 6.20. The summed E-state index contributed by atoms with van der Waals surface area (Å²) in [5, 5.41) is 6.40. The fraction of sp³-hybridized carbons (Fsp3) is 0.636. The third-order valence-corrected chi connectivity index (χ3v) is 4.39. The first-order valence-corrected chi connectivity index (χ1v) is 6.76. The molecule has 2 heterocycles. The molecule has 0 unspecified atom stereocenters. The van der Waals surface area contributed by atoms with Gasteiger partial charge in [0.1, 0.15) is 0 Å². The van der Waals surface area contributed by atoms with Crippen LogP contribution in [0.2, 0.25) is 5.02 Å². The Hall–Kier alpha value is -0.0900. The Morgan fingerprint density at radius 3 is 2.80 bits per heavy atom. The molecule has 0 saturated carbocycles. The van der Waals surface area contributed by atoms with Gasteiger partial charge in [-0.25, -0.2) is 0 Å². The van der Waals surface area contributed by atoms with E-state index in [-0.39, 0.29) is 0 Å². The summed E-state index contributed by atoms with van der Waals surface area (Å²) in [6.07, 6.45) is 1.14. The summed E-state index contributed by atoms with van der Waals surface area (Å²) in [5.74, 6) is 0. The molecular formula is C11H17ClN2S. The van der Waals surface area contributed by atoms with E-state index in [1.807, 2.05) is 6.07 Å². The van der Waals surface area contributed by atoms with E-state index in [1.165, 1.54) is 4.88 Å². The molecule has 2 rings (SSSR count). The Morgan fingerprint density at radius 2 is 2.27 bits per heavy atom. The highest BCUT2D eigenvalue weighted by molar-refractivity contribution is 7.10. The first-order valence-electron chi connectivity index (χ1n) is 5.50. The summed E-state index contributed by atoms with van der Waals surface area (Å²) >= 11 is 7.98. The Bertz CT molecular complexity index is 307. The molecule has 1 aromatic rings. The number of hydrogen-bond acceptors (Lipinski definition) is 3. The molecule has 1 atom stereocenters. The maximum atomic E-state index is 6.20. The van der Waals surface area contributed by atoms with Crippen LogP contribution in [0.5, 0.6) is 0 Å². The van der Waals surface area contributed by atoms with Gasteiger partial charge in [-0.2, -0.15) is 0 Å². The summed E-state index contributed by atoms with van der Waals surface area (Å²) < 4.78 is 0. The molecule has 15 heavy (non-hydrogen) atoms. The van der Waals surface area contributed by atoms with Gasteiger partial charge >= 0.3 is 0 Å². The van der Waals surface area contributed by atoms with Crippen LogP contribution in [-0.2, 0) is 0 Å². The largest absolute Gasteiger partial charge is 0.314 e. The first-order chi connectivity index (χ1) is 7.33. The topological polar surface area (TPSA) is 15.3 Å². The fourth-order valence-electron chi connectivity index (χ4n) is 2.15. The highest BCUT2D eigenvalue weighted by Gasteiger charge is 2.23. The number of thiophene rings is 1. The smallest absolute Gasteiger partial charge is 0.0561 e. The van der Waals surface area contributed by atoms with E-state index >= 15 is 0 Å². The van der Waals surface area contributed by atoms with Crippen LogP contribution in [0.15, 0.2) is 11.4 Å². The van der Waals surface area contributed by atoms with Crippen LogP contribution in [0.3, 0.4) is 0 Å². The second-order valence-electron chi connectivity index (χ2n) is 3.84. The maximum Gasteiger partial charge on any atom is 0.0561 e. The van der Waals surface area contributed by atoms with Crippen molar-refractivity contribution in [1.29, 1.82) is 0 Å². The summed E-state index contributed by atoms with van der Waals surface area (Å²) in [6.45, 7) is 6.70. The van der Waals surface area contributed by atoms with Crippen LogP contribution in [0.1, 0.15) is 24.3 Å². The van der Waals surface area contributed by atoms with Gasteiger partial charge in [0.15, 0.2) is 0 Å². The third-order valence-electron chi connectivity index (χ3n) is 2.93. The fourth-order valence-corrected chi connectivity index (χ4v) is 3.55. The summed E-state index contributed by atoms with van der Waals surface area (Å²) in [6, 6.07) is 2.52. The number of nitrogens with zero attached hydrogens (tertiary/aromatic N) is 1. The van der Waals surface area contributed by atoms with E-state index in [0.717, 1.165) is 37.6 Å². The quantitative estimate of drug-likeness (QED) is 0.880. The van der Waals surface area contributed by atoms with Crippen molar-refractivity contribution in [1.82, 2.24) is 10.2 Å². The Balaban J connectivity index is 2.12. The van der Waals surface area contributed by atoms with E-state index in [9.17, 15) is 0 Å². The van der Waals surface area contributed by atoms with Crippen molar-refractivity contribution in [3.8, 4) is 0 Å². The molecule has 1 fully saturated rings. The summed E-state index contributed by atoms with van der Waals surface area (Å²) in [5.41, 5.74) is 0. The molecule has 4 heteroatoms. The van der Waals surface area contributed by atoms with Gasteiger partial charge in [0.2, 0.25) is 0 Å². The van der Waals surface area contributed by atoms with Gasteiger partial charge in [0, 0.05) is 37.1 Å². The molecule has 0 aromatic carbocycles. The van der Waals surface area contributed by atoms with Crippen molar-refractivity contribution >= 4 is 22.9 Å². The lowest BCUT2D eigenvalue weighted by molar-refractivity contribution is 0.172. The van der Waals surface area contributed by atoms with Crippen molar-refractivity contribution in [2.24, 2.45) is 0 Å². The van der Waals surface area contributed by atoms with Crippen molar-refractivity contribution in [2.45, 2.75) is 19.4 Å². The Kier molecular flexibility index (Phi) is 4.03. The van der Waals surface area contributed by atoms with Gasteiger partial charge in [-0.1, -0.05) is 18.5 Å². The van der Waals surface area contributed by atoms with E-state index < -0.39 is 0 Å². The van der Waals surface area contributed by atoms with E-state index in [2.05, 4.69) is 22.5 Å². The predicted molar refractivity (Wildman–Crippen MR) is 66.8 cm³/mol. The average Bonchev–Trinajstić information content (AvgIpc) is 2.68. The zero-order chi connectivity index (χ0) is 10.7. The average molecular weight is 245 g/mol. The Morgan fingerprint density at radius 1 is 1.53 bits per heavy atom. The Labute approximate surface area is 100 Å². The summed E-state index contributed by atoms with van der Waals surface area (Å²) in [7, 11) is 0. The van der Waals surface area contributed by atoms with E-state index in [0.29, 0.717) is 6.04 Å². The van der Waals surface area contributed by atoms with Crippen molar-refractivity contribution in [2.75, 3.05) is 26.2 Å². The number of piperazine rings is 1. The van der Waals surface area contributed by atoms with Crippen LogP contribution in [-0.4, -0.2) is 31.1 Å². The van der Waals surface area contributed by atoms with Crippen LogP contribution in [0, 0.1) is 0 Å². The molecule has 0 bridgehead atoms. The minimum Gasteiger partial charge on any atom is -0.314 e. The van der Waals surface area contributed by atoms with Gasteiger partial charge in [-0.05, 0) is 17.9 Å². The lowest BCUT2D eigenvalue weighted by atomic mass is 10.1. The minimum atomic E-state index is 0.514. The molecule has 1 aromatic heterocycles. The van der Waals surface area contributed by atoms with Crippen LogP contribution in [0.25, 0.3) is 0 Å². The normalized spacial score (nSPS) is 20.4. The molecule has 1 aliphatic heterocycles. The van der Waals surface area contributed by atoms with Crippen molar-refractivity contribution in [3.63, 3.8) is 0 Å². The number of halogens is 1. The van der Waals surface area contributed by atoms with Gasteiger partial charge in [-0.15, -0.1) is 11.3 Å². The minimum absolute atomic E-state index is 0.514. The lowest BCUT2D eigenvalue weighted by Gasteiger charge is -2.34. The van der Waals surface area contributed by atoms with Crippen LogP contribution >= 0.6 is 22.9 Å². The second kappa shape index (κ2) is 5.30.